The molecule has 150 valence electrons. The van der Waals surface area contributed by atoms with Gasteiger partial charge >= 0.3 is 0 Å². The van der Waals surface area contributed by atoms with E-state index >= 15 is 0 Å². The van der Waals surface area contributed by atoms with Crippen LogP contribution in [0.5, 0.6) is 11.5 Å². The Hall–Kier alpha value is -3.87. The Kier molecular flexibility index (Phi) is 4.55. The van der Waals surface area contributed by atoms with Gasteiger partial charge in [0.15, 0.2) is 17.1 Å². The van der Waals surface area contributed by atoms with Gasteiger partial charge in [-0.3, -0.25) is 9.36 Å². The number of hydrogen-bond acceptors (Lipinski definition) is 5. The molecule has 4 aromatic rings. The van der Waals surface area contributed by atoms with E-state index in [2.05, 4.69) is 15.3 Å². The Morgan fingerprint density at radius 2 is 1.83 bits per heavy atom. The molecular weight excluding hydrogens is 380 g/mol. The molecule has 1 amide bonds. The molecule has 1 N–H and O–H groups in total. The van der Waals surface area contributed by atoms with Crippen LogP contribution < -0.4 is 14.8 Å². The summed E-state index contributed by atoms with van der Waals surface area (Å²) in [5.74, 6) is 1.31. The summed E-state index contributed by atoms with van der Waals surface area (Å²) < 4.78 is 13.1. The van der Waals surface area contributed by atoms with Crippen LogP contribution in [0, 0.1) is 0 Å². The molecule has 3 heterocycles. The number of rotatable bonds is 4. The highest BCUT2D eigenvalue weighted by molar-refractivity contribution is 5.94. The third-order valence-electron chi connectivity index (χ3n) is 5.13. The number of amides is 1. The minimum atomic E-state index is -0.171. The number of hydrogen-bond donors (Lipinski definition) is 1. The Labute approximate surface area is 173 Å². The highest BCUT2D eigenvalue weighted by atomic mass is 16.6. The lowest BCUT2D eigenvalue weighted by atomic mass is 10.1. The summed E-state index contributed by atoms with van der Waals surface area (Å²) in [6.07, 6.45) is 3.47. The van der Waals surface area contributed by atoms with Crippen molar-refractivity contribution in [3.8, 4) is 17.2 Å². The minimum Gasteiger partial charge on any atom is -0.486 e. The van der Waals surface area contributed by atoms with E-state index in [0.29, 0.717) is 24.5 Å². The molecule has 1 atom stereocenters. The SMILES string of the molecule is C[C@@H](NC(=O)c1ccc(-n2cnc3cccnc32)cc1)c1ccc2c(c1)OCCO2. The van der Waals surface area contributed by atoms with Gasteiger partial charge < -0.3 is 14.8 Å². The van der Waals surface area contributed by atoms with Gasteiger partial charge in [0.05, 0.1) is 6.04 Å². The molecule has 0 saturated heterocycles. The molecule has 0 aliphatic carbocycles. The van der Waals surface area contributed by atoms with Crippen LogP contribution in [-0.4, -0.2) is 33.7 Å². The van der Waals surface area contributed by atoms with Crippen molar-refractivity contribution in [2.24, 2.45) is 0 Å². The normalized spacial score (nSPS) is 13.8. The van der Waals surface area contributed by atoms with Gasteiger partial charge in [-0.2, -0.15) is 0 Å². The first-order valence-electron chi connectivity index (χ1n) is 9.78. The molecule has 0 unspecified atom stereocenters. The van der Waals surface area contributed by atoms with Crippen LogP contribution in [0.3, 0.4) is 0 Å². The number of nitrogens with zero attached hydrogens (tertiary/aromatic N) is 3. The number of fused-ring (bicyclic) bond motifs is 2. The summed E-state index contributed by atoms with van der Waals surface area (Å²) in [6, 6.07) is 16.7. The van der Waals surface area contributed by atoms with E-state index in [9.17, 15) is 4.79 Å². The van der Waals surface area contributed by atoms with E-state index in [0.717, 1.165) is 28.2 Å². The smallest absolute Gasteiger partial charge is 0.251 e. The average Bonchev–Trinajstić information content (AvgIpc) is 3.23. The van der Waals surface area contributed by atoms with Crippen LogP contribution in [0.4, 0.5) is 0 Å². The van der Waals surface area contributed by atoms with Gasteiger partial charge in [-0.05, 0) is 61.0 Å². The second-order valence-corrected chi connectivity index (χ2v) is 7.11. The van der Waals surface area contributed by atoms with E-state index in [1.54, 1.807) is 24.7 Å². The van der Waals surface area contributed by atoms with Gasteiger partial charge in [0.25, 0.3) is 5.91 Å². The molecule has 0 bridgehead atoms. The van der Waals surface area contributed by atoms with Crippen LogP contribution in [0.1, 0.15) is 28.9 Å². The Balaban J connectivity index is 1.32. The van der Waals surface area contributed by atoms with Gasteiger partial charge in [0.1, 0.15) is 25.1 Å². The minimum absolute atomic E-state index is 0.141. The lowest BCUT2D eigenvalue weighted by molar-refractivity contribution is 0.0939. The van der Waals surface area contributed by atoms with Crippen molar-refractivity contribution >= 4 is 17.1 Å². The summed E-state index contributed by atoms with van der Waals surface area (Å²) in [5, 5.41) is 3.04. The summed E-state index contributed by atoms with van der Waals surface area (Å²) in [4.78, 5) is 21.5. The van der Waals surface area contributed by atoms with Crippen molar-refractivity contribution in [2.45, 2.75) is 13.0 Å². The zero-order valence-electron chi connectivity index (χ0n) is 16.4. The number of nitrogens with one attached hydrogen (secondary N) is 1. The van der Waals surface area contributed by atoms with E-state index in [1.807, 2.05) is 54.0 Å². The summed E-state index contributed by atoms with van der Waals surface area (Å²) in [6.45, 7) is 3.03. The Morgan fingerprint density at radius 3 is 2.67 bits per heavy atom. The molecule has 2 aromatic carbocycles. The predicted molar refractivity (Wildman–Crippen MR) is 112 cm³/mol. The third-order valence-corrected chi connectivity index (χ3v) is 5.13. The number of ether oxygens (including phenoxy) is 2. The van der Waals surface area contributed by atoms with E-state index < -0.39 is 0 Å². The maximum absolute atomic E-state index is 12.7. The quantitative estimate of drug-likeness (QED) is 0.565. The highest BCUT2D eigenvalue weighted by Crippen LogP contribution is 2.32. The first-order valence-corrected chi connectivity index (χ1v) is 9.78. The number of aromatic nitrogens is 3. The molecule has 5 rings (SSSR count). The number of imidazole rings is 1. The molecule has 2 aromatic heterocycles. The summed E-state index contributed by atoms with van der Waals surface area (Å²) in [5.41, 5.74) is 4.04. The molecular formula is C23H20N4O3. The van der Waals surface area contributed by atoms with Crippen molar-refractivity contribution in [3.63, 3.8) is 0 Å². The standard InChI is InChI=1S/C23H20N4O3/c1-15(17-6-9-20-21(13-17)30-12-11-29-20)26-23(28)16-4-7-18(8-5-16)27-14-25-19-3-2-10-24-22(19)27/h2-10,13-15H,11-12H2,1H3,(H,26,28)/t15-/m1/s1. The van der Waals surface area contributed by atoms with Gasteiger partial charge in [0, 0.05) is 17.4 Å². The molecule has 0 fully saturated rings. The average molecular weight is 400 g/mol. The molecule has 1 aliphatic rings. The number of pyridine rings is 1. The van der Waals surface area contributed by atoms with Gasteiger partial charge in [-0.1, -0.05) is 6.07 Å². The van der Waals surface area contributed by atoms with Crippen molar-refractivity contribution in [1.29, 1.82) is 0 Å². The lowest BCUT2D eigenvalue weighted by Crippen LogP contribution is -2.26. The maximum atomic E-state index is 12.7. The van der Waals surface area contributed by atoms with Crippen LogP contribution in [0.2, 0.25) is 0 Å². The number of carbonyl (C=O) groups is 1. The Bertz CT molecular complexity index is 1220. The van der Waals surface area contributed by atoms with E-state index in [-0.39, 0.29) is 11.9 Å². The highest BCUT2D eigenvalue weighted by Gasteiger charge is 2.16. The number of carbonyl (C=O) groups excluding carboxylic acids is 1. The molecule has 7 heteroatoms. The maximum Gasteiger partial charge on any atom is 0.251 e. The lowest BCUT2D eigenvalue weighted by Gasteiger charge is -2.21. The van der Waals surface area contributed by atoms with Crippen molar-refractivity contribution in [3.05, 3.63) is 78.2 Å². The van der Waals surface area contributed by atoms with Crippen molar-refractivity contribution < 1.29 is 14.3 Å². The zero-order chi connectivity index (χ0) is 20.5. The molecule has 0 radical (unpaired) electrons. The topological polar surface area (TPSA) is 78.3 Å². The van der Waals surface area contributed by atoms with Crippen LogP contribution >= 0.6 is 0 Å². The molecule has 7 nitrogen and oxygen atoms in total. The fourth-order valence-electron chi connectivity index (χ4n) is 3.50. The third kappa shape index (κ3) is 3.34. The second-order valence-electron chi connectivity index (χ2n) is 7.11. The second kappa shape index (κ2) is 7.51. The van der Waals surface area contributed by atoms with Gasteiger partial charge in [-0.25, -0.2) is 9.97 Å². The van der Waals surface area contributed by atoms with Crippen LogP contribution in [0.25, 0.3) is 16.9 Å². The van der Waals surface area contributed by atoms with Gasteiger partial charge in [-0.15, -0.1) is 0 Å². The fourth-order valence-corrected chi connectivity index (χ4v) is 3.50. The van der Waals surface area contributed by atoms with E-state index in [4.69, 9.17) is 9.47 Å². The van der Waals surface area contributed by atoms with Gasteiger partial charge in [0.2, 0.25) is 0 Å². The molecule has 0 spiro atoms. The summed E-state index contributed by atoms with van der Waals surface area (Å²) >= 11 is 0. The van der Waals surface area contributed by atoms with Crippen molar-refractivity contribution in [1.82, 2.24) is 19.9 Å². The monoisotopic (exact) mass is 400 g/mol. The number of benzene rings is 2. The fraction of sp³-hybridized carbons (Fsp3) is 0.174. The molecule has 30 heavy (non-hydrogen) atoms. The van der Waals surface area contributed by atoms with E-state index in [1.165, 1.54) is 0 Å². The molecule has 0 saturated carbocycles. The Morgan fingerprint density at radius 1 is 1.03 bits per heavy atom. The first-order chi connectivity index (χ1) is 14.7. The first kappa shape index (κ1) is 18.2. The zero-order valence-corrected chi connectivity index (χ0v) is 16.4. The van der Waals surface area contributed by atoms with Crippen LogP contribution in [-0.2, 0) is 0 Å². The summed E-state index contributed by atoms with van der Waals surface area (Å²) in [7, 11) is 0. The van der Waals surface area contributed by atoms with Crippen molar-refractivity contribution in [2.75, 3.05) is 13.2 Å². The molecule has 1 aliphatic heterocycles. The predicted octanol–water partition coefficient (Wildman–Crippen LogP) is 3.68. The van der Waals surface area contributed by atoms with Crippen LogP contribution in [0.15, 0.2) is 67.1 Å². The largest absolute Gasteiger partial charge is 0.486 e.